The third-order valence-electron chi connectivity index (χ3n) is 2.02. The van der Waals surface area contributed by atoms with Crippen molar-refractivity contribution in [1.82, 2.24) is 0 Å². The lowest BCUT2D eigenvalue weighted by Crippen LogP contribution is -2.17. The first-order chi connectivity index (χ1) is 9.23. The van der Waals surface area contributed by atoms with Gasteiger partial charge in [0.25, 0.3) is 0 Å². The van der Waals surface area contributed by atoms with Crippen LogP contribution < -0.4 is 9.47 Å². The van der Waals surface area contributed by atoms with E-state index in [1.54, 1.807) is 0 Å². The van der Waals surface area contributed by atoms with Gasteiger partial charge in [0.2, 0.25) is 0 Å². The van der Waals surface area contributed by atoms with Crippen molar-refractivity contribution >= 4 is 21.7 Å². The second-order valence-corrected chi connectivity index (χ2v) is 4.24. The molecule has 0 atom stereocenters. The Morgan fingerprint density at radius 1 is 1.30 bits per heavy atom. The van der Waals surface area contributed by atoms with Crippen LogP contribution in [0.4, 0.5) is 22.0 Å². The van der Waals surface area contributed by atoms with Crippen LogP contribution in [0.3, 0.4) is 0 Å². The molecule has 0 bridgehead atoms. The molecule has 0 unspecified atom stereocenters. The van der Waals surface area contributed by atoms with Gasteiger partial charge in [-0.05, 0) is 18.2 Å². The lowest BCUT2D eigenvalue weighted by atomic mass is 10.1. The van der Waals surface area contributed by atoms with Gasteiger partial charge >= 0.3 is 13.0 Å². The van der Waals surface area contributed by atoms with Gasteiger partial charge in [0.1, 0.15) is 11.5 Å². The van der Waals surface area contributed by atoms with Crippen molar-refractivity contribution in [1.29, 1.82) is 0 Å². The lowest BCUT2D eigenvalue weighted by molar-refractivity contribution is -0.274. The van der Waals surface area contributed by atoms with E-state index in [-0.39, 0.29) is 11.8 Å². The van der Waals surface area contributed by atoms with Crippen LogP contribution in [-0.4, -0.2) is 24.1 Å². The number of hydrogen-bond donors (Lipinski definition) is 0. The third kappa shape index (κ3) is 5.32. The Kier molecular flexibility index (Phi) is 5.73. The monoisotopic (exact) mass is 362 g/mol. The molecule has 0 spiro atoms. The average molecular weight is 363 g/mol. The number of benzene rings is 1. The third-order valence-corrected chi connectivity index (χ3v) is 2.42. The molecule has 0 aromatic heterocycles. The fourth-order valence-electron chi connectivity index (χ4n) is 1.34. The van der Waals surface area contributed by atoms with Crippen LogP contribution in [0.25, 0.3) is 0 Å². The Labute approximate surface area is 118 Å². The smallest absolute Gasteiger partial charge is 0.434 e. The van der Waals surface area contributed by atoms with Gasteiger partial charge in [0.15, 0.2) is 5.78 Å². The van der Waals surface area contributed by atoms with E-state index in [4.69, 9.17) is 0 Å². The molecule has 112 valence electrons. The number of Topliss-reactive ketones (excluding diaryl/α,β-unsaturated/α-hetero) is 1. The second-order valence-electron chi connectivity index (χ2n) is 3.45. The minimum Gasteiger partial charge on any atom is -0.434 e. The first kappa shape index (κ1) is 16.7. The molecule has 0 saturated heterocycles. The summed E-state index contributed by atoms with van der Waals surface area (Å²) in [5.41, 5.74) is -0.397. The van der Waals surface area contributed by atoms with E-state index in [0.29, 0.717) is 0 Å². The normalized spacial score (nSPS) is 11.6. The number of ketones is 1. The van der Waals surface area contributed by atoms with E-state index in [2.05, 4.69) is 25.4 Å². The zero-order chi connectivity index (χ0) is 15.3. The summed E-state index contributed by atoms with van der Waals surface area (Å²) in [6, 6.07) is 2.33. The van der Waals surface area contributed by atoms with Crippen molar-refractivity contribution in [3.8, 4) is 11.5 Å². The highest BCUT2D eigenvalue weighted by Crippen LogP contribution is 2.30. The van der Waals surface area contributed by atoms with Gasteiger partial charge in [-0.3, -0.25) is 4.79 Å². The minimum atomic E-state index is -4.94. The summed E-state index contributed by atoms with van der Waals surface area (Å²) in [6.07, 6.45) is -5.03. The van der Waals surface area contributed by atoms with E-state index in [1.807, 2.05) is 0 Å². The Hall–Kier alpha value is -1.38. The Bertz CT molecular complexity index is 476. The van der Waals surface area contributed by atoms with Gasteiger partial charge in [0, 0.05) is 11.8 Å². The van der Waals surface area contributed by atoms with Gasteiger partial charge in [-0.15, -0.1) is 13.2 Å². The van der Waals surface area contributed by atoms with E-state index in [0.717, 1.165) is 18.2 Å². The number of halogens is 6. The number of carbonyl (C=O) groups is 1. The van der Waals surface area contributed by atoms with Crippen LogP contribution in [-0.2, 0) is 0 Å². The zero-order valence-electron chi connectivity index (χ0n) is 9.72. The molecule has 3 nitrogen and oxygen atoms in total. The molecule has 0 amide bonds. The van der Waals surface area contributed by atoms with Gasteiger partial charge in [-0.1, -0.05) is 15.9 Å². The van der Waals surface area contributed by atoms with E-state index >= 15 is 0 Å². The van der Waals surface area contributed by atoms with Gasteiger partial charge < -0.3 is 9.47 Å². The summed E-state index contributed by atoms with van der Waals surface area (Å²) in [5.74, 6) is -1.83. The van der Waals surface area contributed by atoms with Gasteiger partial charge in [0.05, 0.1) is 5.56 Å². The minimum absolute atomic E-state index is 0.0882. The summed E-state index contributed by atoms with van der Waals surface area (Å²) in [7, 11) is 0. The maximum Gasteiger partial charge on any atom is 0.573 e. The second kappa shape index (κ2) is 6.87. The largest absolute Gasteiger partial charge is 0.573 e. The van der Waals surface area contributed by atoms with Crippen molar-refractivity contribution < 1.29 is 36.2 Å². The molecule has 1 aromatic carbocycles. The van der Waals surface area contributed by atoms with Gasteiger partial charge in [-0.2, -0.15) is 8.78 Å². The average Bonchev–Trinajstić information content (AvgIpc) is 2.28. The summed E-state index contributed by atoms with van der Waals surface area (Å²) in [5, 5.41) is 0.226. The molecular weight excluding hydrogens is 355 g/mol. The maximum absolute atomic E-state index is 12.2. The Morgan fingerprint density at radius 3 is 2.45 bits per heavy atom. The Morgan fingerprint density at radius 2 is 1.95 bits per heavy atom. The topological polar surface area (TPSA) is 35.5 Å². The Balaban J connectivity index is 3.11. The highest BCUT2D eigenvalue weighted by atomic mass is 79.9. The highest BCUT2D eigenvalue weighted by molar-refractivity contribution is 9.09. The molecule has 20 heavy (non-hydrogen) atoms. The van der Waals surface area contributed by atoms with Crippen molar-refractivity contribution in [3.05, 3.63) is 23.8 Å². The molecule has 0 radical (unpaired) electrons. The lowest BCUT2D eigenvalue weighted by Gasteiger charge is -2.13. The number of rotatable bonds is 6. The molecule has 0 N–H and O–H groups in total. The van der Waals surface area contributed by atoms with Crippen LogP contribution in [0, 0.1) is 0 Å². The number of ether oxygens (including phenoxy) is 2. The molecule has 1 rings (SSSR count). The summed E-state index contributed by atoms with van der Waals surface area (Å²) in [4.78, 5) is 11.7. The zero-order valence-corrected chi connectivity index (χ0v) is 11.3. The number of alkyl halides is 6. The first-order valence-electron chi connectivity index (χ1n) is 5.16. The number of hydrogen-bond acceptors (Lipinski definition) is 3. The van der Waals surface area contributed by atoms with Crippen molar-refractivity contribution in [3.63, 3.8) is 0 Å². The molecule has 1 aromatic rings. The fourth-order valence-corrected chi connectivity index (χ4v) is 1.70. The molecule has 9 heteroatoms. The van der Waals surface area contributed by atoms with E-state index < -0.39 is 35.8 Å². The quantitative estimate of drug-likeness (QED) is 0.433. The molecule has 0 fully saturated rings. The van der Waals surface area contributed by atoms with Gasteiger partial charge in [-0.25, -0.2) is 0 Å². The fraction of sp³-hybridized carbons (Fsp3) is 0.364. The predicted molar refractivity (Wildman–Crippen MR) is 62.5 cm³/mol. The van der Waals surface area contributed by atoms with E-state index in [9.17, 15) is 26.7 Å². The summed E-state index contributed by atoms with van der Waals surface area (Å²) >= 11 is 2.97. The molecule has 0 heterocycles. The van der Waals surface area contributed by atoms with Crippen LogP contribution in [0.5, 0.6) is 11.5 Å². The number of carbonyl (C=O) groups excluding carboxylic acids is 1. The van der Waals surface area contributed by atoms with Crippen LogP contribution in [0.15, 0.2) is 18.2 Å². The summed E-state index contributed by atoms with van der Waals surface area (Å²) in [6.45, 7) is -3.19. The van der Waals surface area contributed by atoms with Crippen molar-refractivity contribution in [2.75, 3.05) is 5.33 Å². The predicted octanol–water partition coefficient (Wildman–Crippen LogP) is 4.15. The van der Waals surface area contributed by atoms with Crippen LogP contribution in [0.2, 0.25) is 0 Å². The SMILES string of the molecule is O=C(CCBr)c1cc(OC(F)(F)F)ccc1OC(F)F. The molecule has 0 aliphatic rings. The summed E-state index contributed by atoms with van der Waals surface area (Å²) < 4.78 is 68.3. The molecule has 0 aliphatic heterocycles. The van der Waals surface area contributed by atoms with Crippen molar-refractivity contribution in [2.24, 2.45) is 0 Å². The molecule has 0 saturated carbocycles. The van der Waals surface area contributed by atoms with E-state index in [1.165, 1.54) is 0 Å². The van der Waals surface area contributed by atoms with Crippen LogP contribution in [0.1, 0.15) is 16.8 Å². The standard InChI is InChI=1S/C11H8BrF5O3/c12-4-3-8(18)7-5-6(20-11(15,16)17)1-2-9(7)19-10(13)14/h1-2,5,10H,3-4H2. The van der Waals surface area contributed by atoms with Crippen LogP contribution >= 0.6 is 15.9 Å². The highest BCUT2D eigenvalue weighted by Gasteiger charge is 2.31. The maximum atomic E-state index is 12.2. The van der Waals surface area contributed by atoms with Crippen molar-refractivity contribution in [2.45, 2.75) is 19.4 Å². The molecule has 0 aliphatic carbocycles. The first-order valence-corrected chi connectivity index (χ1v) is 6.29. The molecular formula is C11H8BrF5O3.